The molecule has 18 heavy (non-hydrogen) atoms. The van der Waals surface area contributed by atoms with Gasteiger partial charge in [0.25, 0.3) is 0 Å². The molecule has 0 aliphatic carbocycles. The fourth-order valence-electron chi connectivity index (χ4n) is 1.71. The van der Waals surface area contributed by atoms with Gasteiger partial charge in [-0.15, -0.1) is 0 Å². The van der Waals surface area contributed by atoms with E-state index in [9.17, 15) is 9.59 Å². The third-order valence-electron chi connectivity index (χ3n) is 2.63. The van der Waals surface area contributed by atoms with Crippen LogP contribution in [-0.4, -0.2) is 47.6 Å². The number of amides is 1. The first-order chi connectivity index (χ1) is 8.45. The summed E-state index contributed by atoms with van der Waals surface area (Å²) in [5.74, 6) is -0.684. The molecular weight excluding hydrogens is 232 g/mol. The number of unbranched alkanes of at least 4 members (excludes halogenated alkanes) is 2. The lowest BCUT2D eigenvalue weighted by molar-refractivity contribution is -0.137. The molecule has 0 unspecified atom stereocenters. The predicted molar refractivity (Wildman–Crippen MR) is 71.5 cm³/mol. The Bertz CT molecular complexity index is 255. The number of nitrogens with zero attached hydrogens (tertiary/aromatic N) is 1. The second-order valence-electron chi connectivity index (χ2n) is 4.80. The maximum atomic E-state index is 11.6. The first kappa shape index (κ1) is 16.9. The van der Waals surface area contributed by atoms with Crippen molar-refractivity contribution >= 4 is 11.9 Å². The van der Waals surface area contributed by atoms with Crippen LogP contribution in [0.15, 0.2) is 0 Å². The van der Waals surface area contributed by atoms with E-state index in [-0.39, 0.29) is 18.4 Å². The minimum Gasteiger partial charge on any atom is -0.481 e. The van der Waals surface area contributed by atoms with Crippen LogP contribution in [0.25, 0.3) is 0 Å². The first-order valence-electron chi connectivity index (χ1n) is 6.69. The number of carboxylic acid groups (broad SMARTS) is 1. The van der Waals surface area contributed by atoms with Gasteiger partial charge in [-0.2, -0.15) is 0 Å². The Kier molecular flexibility index (Phi) is 9.28. The van der Waals surface area contributed by atoms with Gasteiger partial charge >= 0.3 is 5.97 Å². The Hall–Kier alpha value is -1.10. The van der Waals surface area contributed by atoms with Crippen LogP contribution in [0.4, 0.5) is 0 Å². The molecule has 0 radical (unpaired) electrons. The average molecular weight is 258 g/mol. The monoisotopic (exact) mass is 258 g/mol. The molecule has 0 aliphatic rings. The van der Waals surface area contributed by atoms with Crippen LogP contribution < -0.4 is 5.32 Å². The highest BCUT2D eigenvalue weighted by molar-refractivity contribution is 5.78. The van der Waals surface area contributed by atoms with Crippen molar-refractivity contribution in [1.82, 2.24) is 10.2 Å². The molecule has 0 rings (SSSR count). The summed E-state index contributed by atoms with van der Waals surface area (Å²) in [6, 6.07) is 0.173. The van der Waals surface area contributed by atoms with Gasteiger partial charge in [0.1, 0.15) is 0 Å². The molecule has 2 N–H and O–H groups in total. The minimum atomic E-state index is -0.737. The van der Waals surface area contributed by atoms with Gasteiger partial charge < -0.3 is 10.4 Å². The van der Waals surface area contributed by atoms with E-state index in [1.807, 2.05) is 20.8 Å². The predicted octanol–water partition coefficient (Wildman–Crippen LogP) is 1.48. The van der Waals surface area contributed by atoms with E-state index in [1.165, 1.54) is 0 Å². The molecule has 106 valence electrons. The van der Waals surface area contributed by atoms with Gasteiger partial charge in [-0.05, 0) is 39.8 Å². The summed E-state index contributed by atoms with van der Waals surface area (Å²) >= 11 is 0. The lowest BCUT2D eigenvalue weighted by Gasteiger charge is -2.20. The average Bonchev–Trinajstić information content (AvgIpc) is 2.25. The van der Waals surface area contributed by atoms with Crippen molar-refractivity contribution < 1.29 is 14.7 Å². The highest BCUT2D eigenvalue weighted by Crippen LogP contribution is 2.02. The quantitative estimate of drug-likeness (QED) is 0.582. The molecule has 0 aromatic rings. The smallest absolute Gasteiger partial charge is 0.303 e. The number of likely N-dealkylation sites (N-methyl/N-ethyl adjacent to an activating group) is 1. The Morgan fingerprint density at radius 2 is 1.89 bits per heavy atom. The normalized spacial score (nSPS) is 10.9. The zero-order chi connectivity index (χ0) is 14.0. The number of carbonyl (C=O) groups is 2. The summed E-state index contributed by atoms with van der Waals surface area (Å²) in [7, 11) is 0. The lowest BCUT2D eigenvalue weighted by Crippen LogP contribution is -2.40. The summed E-state index contributed by atoms with van der Waals surface area (Å²) in [4.78, 5) is 24.0. The first-order valence-corrected chi connectivity index (χ1v) is 6.69. The largest absolute Gasteiger partial charge is 0.481 e. The van der Waals surface area contributed by atoms with Crippen molar-refractivity contribution in [1.29, 1.82) is 0 Å². The zero-order valence-corrected chi connectivity index (χ0v) is 11.7. The van der Waals surface area contributed by atoms with E-state index < -0.39 is 5.97 Å². The van der Waals surface area contributed by atoms with Crippen LogP contribution in [0.2, 0.25) is 0 Å². The summed E-state index contributed by atoms with van der Waals surface area (Å²) in [5.41, 5.74) is 0. The van der Waals surface area contributed by atoms with Gasteiger partial charge in [-0.3, -0.25) is 14.5 Å². The molecule has 0 saturated heterocycles. The Morgan fingerprint density at radius 3 is 2.39 bits per heavy atom. The van der Waals surface area contributed by atoms with Crippen LogP contribution in [0, 0.1) is 0 Å². The number of nitrogens with one attached hydrogen (secondary N) is 1. The molecular formula is C13H26N2O3. The zero-order valence-electron chi connectivity index (χ0n) is 11.7. The molecule has 0 aliphatic heterocycles. The van der Waals surface area contributed by atoms with Crippen LogP contribution >= 0.6 is 0 Å². The molecule has 0 bridgehead atoms. The number of aliphatic carboxylic acids is 1. The lowest BCUT2D eigenvalue weighted by atomic mass is 10.2. The van der Waals surface area contributed by atoms with E-state index in [0.717, 1.165) is 25.9 Å². The van der Waals surface area contributed by atoms with Crippen LogP contribution in [0.3, 0.4) is 0 Å². The third kappa shape index (κ3) is 10.1. The molecule has 0 aromatic carbocycles. The van der Waals surface area contributed by atoms with Crippen molar-refractivity contribution in [2.24, 2.45) is 0 Å². The number of hydrogen-bond donors (Lipinski definition) is 2. The van der Waals surface area contributed by atoms with E-state index in [2.05, 4.69) is 10.2 Å². The van der Waals surface area contributed by atoms with Gasteiger partial charge in [0.05, 0.1) is 6.54 Å². The van der Waals surface area contributed by atoms with Crippen LogP contribution in [-0.2, 0) is 9.59 Å². The second-order valence-corrected chi connectivity index (χ2v) is 4.80. The molecule has 0 heterocycles. The molecule has 0 aromatic heterocycles. The van der Waals surface area contributed by atoms with Crippen LogP contribution in [0.5, 0.6) is 0 Å². The van der Waals surface area contributed by atoms with Crippen molar-refractivity contribution in [2.75, 3.05) is 19.6 Å². The summed E-state index contributed by atoms with van der Waals surface area (Å²) in [5, 5.41) is 11.4. The van der Waals surface area contributed by atoms with E-state index in [0.29, 0.717) is 13.0 Å². The maximum Gasteiger partial charge on any atom is 0.303 e. The van der Waals surface area contributed by atoms with Crippen molar-refractivity contribution in [2.45, 2.75) is 52.5 Å². The molecule has 0 fully saturated rings. The van der Waals surface area contributed by atoms with E-state index in [1.54, 1.807) is 0 Å². The SMILES string of the molecule is CCN(CCCCCC(=O)O)CC(=O)NC(C)C. The molecule has 5 nitrogen and oxygen atoms in total. The summed E-state index contributed by atoms with van der Waals surface area (Å²) < 4.78 is 0. The molecule has 0 spiro atoms. The van der Waals surface area contributed by atoms with Gasteiger partial charge in [0.2, 0.25) is 5.91 Å². The Morgan fingerprint density at radius 1 is 1.22 bits per heavy atom. The standard InChI is InChI=1S/C13H26N2O3/c1-4-15(10-12(16)14-11(2)3)9-7-5-6-8-13(17)18/h11H,4-10H2,1-3H3,(H,14,16)(H,17,18). The fraction of sp³-hybridized carbons (Fsp3) is 0.846. The molecule has 0 saturated carbocycles. The number of hydrogen-bond acceptors (Lipinski definition) is 3. The Labute approximate surface area is 110 Å². The summed E-state index contributed by atoms with van der Waals surface area (Å²) in [6.45, 7) is 8.03. The fourth-order valence-corrected chi connectivity index (χ4v) is 1.71. The van der Waals surface area contributed by atoms with Crippen LogP contribution in [0.1, 0.15) is 46.5 Å². The number of carboxylic acids is 1. The molecule has 5 heteroatoms. The highest BCUT2D eigenvalue weighted by atomic mass is 16.4. The number of carbonyl (C=O) groups excluding carboxylic acids is 1. The van der Waals surface area contributed by atoms with Gasteiger partial charge in [0.15, 0.2) is 0 Å². The van der Waals surface area contributed by atoms with Crippen molar-refractivity contribution in [3.8, 4) is 0 Å². The number of rotatable bonds is 10. The topological polar surface area (TPSA) is 69.6 Å². The highest BCUT2D eigenvalue weighted by Gasteiger charge is 2.09. The second kappa shape index (κ2) is 9.88. The van der Waals surface area contributed by atoms with Gasteiger partial charge in [-0.25, -0.2) is 0 Å². The third-order valence-corrected chi connectivity index (χ3v) is 2.63. The maximum absolute atomic E-state index is 11.6. The van der Waals surface area contributed by atoms with E-state index >= 15 is 0 Å². The summed E-state index contributed by atoms with van der Waals surface area (Å²) in [6.07, 6.45) is 2.79. The van der Waals surface area contributed by atoms with E-state index in [4.69, 9.17) is 5.11 Å². The van der Waals surface area contributed by atoms with Gasteiger partial charge in [-0.1, -0.05) is 13.3 Å². The molecule has 1 amide bonds. The Balaban J connectivity index is 3.70. The minimum absolute atomic E-state index is 0.0531. The molecule has 0 atom stereocenters. The van der Waals surface area contributed by atoms with Gasteiger partial charge in [0, 0.05) is 12.5 Å². The van der Waals surface area contributed by atoms with Crippen molar-refractivity contribution in [3.63, 3.8) is 0 Å². The van der Waals surface area contributed by atoms with Crippen molar-refractivity contribution in [3.05, 3.63) is 0 Å².